The van der Waals surface area contributed by atoms with Crippen molar-refractivity contribution in [3.8, 4) is 6.07 Å². The zero-order valence-corrected chi connectivity index (χ0v) is 10.9. The summed E-state index contributed by atoms with van der Waals surface area (Å²) in [7, 11) is 0. The van der Waals surface area contributed by atoms with E-state index in [-0.39, 0.29) is 5.92 Å². The van der Waals surface area contributed by atoms with Crippen molar-refractivity contribution in [3.63, 3.8) is 0 Å². The van der Waals surface area contributed by atoms with Gasteiger partial charge in [0, 0.05) is 6.04 Å². The molecule has 21 heavy (non-hydrogen) atoms. The molecule has 0 aliphatic heterocycles. The van der Waals surface area contributed by atoms with Crippen LogP contribution in [-0.4, -0.2) is 23.0 Å². The van der Waals surface area contributed by atoms with Crippen LogP contribution in [0.15, 0.2) is 12.1 Å². The van der Waals surface area contributed by atoms with Crippen molar-refractivity contribution >= 4 is 11.9 Å². The van der Waals surface area contributed by atoms with E-state index >= 15 is 0 Å². The molecule has 1 amide bonds. The number of nitriles is 1. The predicted octanol–water partition coefficient (Wildman–Crippen LogP) is 2.09. The lowest BCUT2D eigenvalue weighted by Crippen LogP contribution is -2.37. The molecule has 2 N–H and O–H groups in total. The van der Waals surface area contributed by atoms with Crippen LogP contribution in [0.2, 0.25) is 0 Å². The van der Waals surface area contributed by atoms with Gasteiger partial charge in [-0.05, 0) is 31.4 Å². The number of benzene rings is 1. The van der Waals surface area contributed by atoms with Gasteiger partial charge in [0.25, 0.3) is 5.91 Å². The fourth-order valence-electron chi connectivity index (χ4n) is 2.45. The molecule has 1 aliphatic carbocycles. The molecule has 0 saturated heterocycles. The minimum absolute atomic E-state index is 0.354. The Balaban J connectivity index is 2.29. The molecule has 1 aromatic carbocycles. The number of carboxylic acids is 1. The highest BCUT2D eigenvalue weighted by atomic mass is 19.2. The lowest BCUT2D eigenvalue weighted by atomic mass is 10.0. The molecular weight excluding hydrogens is 282 g/mol. The summed E-state index contributed by atoms with van der Waals surface area (Å²) < 4.78 is 26.3. The number of rotatable bonds is 3. The molecule has 0 bridgehead atoms. The molecule has 1 aliphatic rings. The number of nitrogens with zero attached hydrogens (tertiary/aromatic N) is 1. The Hall–Kier alpha value is -2.49. The van der Waals surface area contributed by atoms with Crippen LogP contribution < -0.4 is 5.32 Å². The SMILES string of the molecule is N#CC1CCCC1NC(=O)c1cc(F)c(F)cc1C(=O)O. The van der Waals surface area contributed by atoms with Crippen LogP contribution in [0.5, 0.6) is 0 Å². The lowest BCUT2D eigenvalue weighted by molar-refractivity contribution is 0.0689. The molecule has 1 aromatic rings. The molecule has 2 unspecified atom stereocenters. The van der Waals surface area contributed by atoms with Crippen molar-refractivity contribution in [3.05, 3.63) is 34.9 Å². The quantitative estimate of drug-likeness (QED) is 0.893. The molecule has 1 fully saturated rings. The number of carbonyl (C=O) groups is 2. The van der Waals surface area contributed by atoms with Gasteiger partial charge in [0.2, 0.25) is 0 Å². The summed E-state index contributed by atoms with van der Waals surface area (Å²) in [5, 5.41) is 20.4. The fraction of sp³-hybridized carbons (Fsp3) is 0.357. The summed E-state index contributed by atoms with van der Waals surface area (Å²) in [6, 6.07) is 2.69. The summed E-state index contributed by atoms with van der Waals surface area (Å²) in [5.74, 6) is -5.33. The Kier molecular flexibility index (Phi) is 4.17. The molecule has 2 rings (SSSR count). The van der Waals surface area contributed by atoms with Gasteiger partial charge < -0.3 is 10.4 Å². The van der Waals surface area contributed by atoms with Crippen LogP contribution in [-0.2, 0) is 0 Å². The molecule has 7 heteroatoms. The molecule has 0 radical (unpaired) electrons. The van der Waals surface area contributed by atoms with Crippen LogP contribution >= 0.6 is 0 Å². The highest BCUT2D eigenvalue weighted by Crippen LogP contribution is 2.25. The molecule has 110 valence electrons. The third-order valence-electron chi connectivity index (χ3n) is 3.53. The van der Waals surface area contributed by atoms with Crippen LogP contribution in [0.1, 0.15) is 40.0 Å². The van der Waals surface area contributed by atoms with E-state index in [1.165, 1.54) is 0 Å². The van der Waals surface area contributed by atoms with Crippen molar-refractivity contribution in [2.24, 2.45) is 5.92 Å². The van der Waals surface area contributed by atoms with E-state index in [1.54, 1.807) is 0 Å². The minimum atomic E-state index is -1.53. The summed E-state index contributed by atoms with van der Waals surface area (Å²) in [5.41, 5.74) is -1.07. The second kappa shape index (κ2) is 5.87. The second-order valence-corrected chi connectivity index (χ2v) is 4.86. The molecule has 0 spiro atoms. The van der Waals surface area contributed by atoms with Gasteiger partial charge in [-0.15, -0.1) is 0 Å². The highest BCUT2D eigenvalue weighted by molar-refractivity contribution is 6.04. The number of carbonyl (C=O) groups excluding carboxylic acids is 1. The Morgan fingerprint density at radius 1 is 1.24 bits per heavy atom. The standard InChI is InChI=1S/C14H12F2N2O3/c15-10-4-8(9(14(20)21)5-11(10)16)13(19)18-12-3-1-2-7(12)6-17/h4-5,7,12H,1-3H2,(H,18,19)(H,20,21). The van der Waals surface area contributed by atoms with Crippen LogP contribution in [0, 0.1) is 28.9 Å². The van der Waals surface area contributed by atoms with E-state index in [4.69, 9.17) is 10.4 Å². The van der Waals surface area contributed by atoms with Crippen LogP contribution in [0.25, 0.3) is 0 Å². The average Bonchev–Trinajstić information content (AvgIpc) is 2.88. The van der Waals surface area contributed by atoms with Crippen molar-refractivity contribution in [1.82, 2.24) is 5.32 Å². The van der Waals surface area contributed by atoms with Crippen molar-refractivity contribution in [2.75, 3.05) is 0 Å². The Morgan fingerprint density at radius 3 is 2.43 bits per heavy atom. The minimum Gasteiger partial charge on any atom is -0.478 e. The van der Waals surface area contributed by atoms with E-state index in [9.17, 15) is 18.4 Å². The van der Waals surface area contributed by atoms with Crippen LogP contribution in [0.3, 0.4) is 0 Å². The van der Waals surface area contributed by atoms with Crippen molar-refractivity contribution in [1.29, 1.82) is 5.26 Å². The number of hydrogen-bond acceptors (Lipinski definition) is 3. The number of hydrogen-bond donors (Lipinski definition) is 2. The van der Waals surface area contributed by atoms with E-state index in [0.29, 0.717) is 25.0 Å². The zero-order valence-electron chi connectivity index (χ0n) is 10.9. The first-order chi connectivity index (χ1) is 9.93. The number of amides is 1. The van der Waals surface area contributed by atoms with Gasteiger partial charge in [0.15, 0.2) is 11.6 Å². The maximum atomic E-state index is 13.2. The first-order valence-electron chi connectivity index (χ1n) is 6.37. The van der Waals surface area contributed by atoms with Gasteiger partial charge in [-0.1, -0.05) is 0 Å². The molecule has 5 nitrogen and oxygen atoms in total. The Bertz CT molecular complexity index is 640. The Labute approximate surface area is 119 Å². The summed E-state index contributed by atoms with van der Waals surface area (Å²) in [4.78, 5) is 23.1. The van der Waals surface area contributed by atoms with E-state index < -0.39 is 40.7 Å². The molecular formula is C14H12F2N2O3. The summed E-state index contributed by atoms with van der Waals surface area (Å²) >= 11 is 0. The second-order valence-electron chi connectivity index (χ2n) is 4.86. The van der Waals surface area contributed by atoms with Gasteiger partial charge in [-0.3, -0.25) is 4.79 Å². The van der Waals surface area contributed by atoms with E-state index in [1.807, 2.05) is 0 Å². The van der Waals surface area contributed by atoms with Crippen molar-refractivity contribution < 1.29 is 23.5 Å². The normalized spacial score (nSPS) is 20.8. The van der Waals surface area contributed by atoms with E-state index in [0.717, 1.165) is 6.42 Å². The number of aromatic carboxylic acids is 1. The van der Waals surface area contributed by atoms with Gasteiger partial charge in [0.1, 0.15) is 0 Å². The van der Waals surface area contributed by atoms with Gasteiger partial charge >= 0.3 is 5.97 Å². The highest BCUT2D eigenvalue weighted by Gasteiger charge is 2.30. The lowest BCUT2D eigenvalue weighted by Gasteiger charge is -2.16. The van der Waals surface area contributed by atoms with Gasteiger partial charge in [-0.25, -0.2) is 13.6 Å². The van der Waals surface area contributed by atoms with Gasteiger partial charge in [0.05, 0.1) is 23.1 Å². The third-order valence-corrected chi connectivity index (χ3v) is 3.53. The molecule has 0 heterocycles. The molecule has 1 saturated carbocycles. The summed E-state index contributed by atoms with van der Waals surface area (Å²) in [6.45, 7) is 0. The third kappa shape index (κ3) is 2.99. The van der Waals surface area contributed by atoms with Gasteiger partial charge in [-0.2, -0.15) is 5.26 Å². The Morgan fingerprint density at radius 2 is 1.86 bits per heavy atom. The maximum absolute atomic E-state index is 13.2. The van der Waals surface area contributed by atoms with Crippen LogP contribution in [0.4, 0.5) is 8.78 Å². The fourth-order valence-corrected chi connectivity index (χ4v) is 2.45. The number of carboxylic acid groups (broad SMARTS) is 1. The largest absolute Gasteiger partial charge is 0.478 e. The summed E-state index contributed by atoms with van der Waals surface area (Å²) in [6.07, 6.45) is 2.01. The maximum Gasteiger partial charge on any atom is 0.336 e. The van der Waals surface area contributed by atoms with E-state index in [2.05, 4.69) is 11.4 Å². The first-order valence-corrected chi connectivity index (χ1v) is 6.37. The monoisotopic (exact) mass is 294 g/mol. The number of nitrogens with one attached hydrogen (secondary N) is 1. The predicted molar refractivity (Wildman–Crippen MR) is 67.5 cm³/mol. The zero-order chi connectivity index (χ0) is 15.6. The smallest absolute Gasteiger partial charge is 0.336 e. The molecule has 0 aromatic heterocycles. The van der Waals surface area contributed by atoms with Crippen molar-refractivity contribution in [2.45, 2.75) is 25.3 Å². The first kappa shape index (κ1) is 14.9. The number of halogens is 2. The average molecular weight is 294 g/mol. The molecule has 2 atom stereocenters. The topological polar surface area (TPSA) is 90.2 Å².